The Bertz CT molecular complexity index is 848. The minimum Gasteiger partial charge on any atom is -0.365 e. The number of nitrogens with one attached hydrogen (secondary N) is 2. The Balaban J connectivity index is 1.75. The Morgan fingerprint density at radius 2 is 2.00 bits per heavy atom. The van der Waals surface area contributed by atoms with Gasteiger partial charge in [-0.25, -0.2) is 4.39 Å². The number of fused-ring (bicyclic) bond motifs is 1. The highest BCUT2D eigenvalue weighted by Gasteiger charge is 2.26. The van der Waals surface area contributed by atoms with E-state index in [0.717, 1.165) is 29.7 Å². The highest BCUT2D eigenvalue weighted by Crippen LogP contribution is 2.38. The van der Waals surface area contributed by atoms with Crippen molar-refractivity contribution in [2.45, 2.75) is 19.3 Å². The number of carbonyl (C=O) groups is 2. The summed E-state index contributed by atoms with van der Waals surface area (Å²) in [5, 5.41) is 5.76. The molecular formula is C16H14FN3O2S2. The van der Waals surface area contributed by atoms with Crippen LogP contribution in [0.5, 0.6) is 0 Å². The Labute approximate surface area is 147 Å². The van der Waals surface area contributed by atoms with Crippen LogP contribution in [0.2, 0.25) is 0 Å². The molecule has 3 rings (SSSR count). The summed E-state index contributed by atoms with van der Waals surface area (Å²) in [6, 6.07) is 5.61. The molecule has 0 unspecified atom stereocenters. The third-order valence-electron chi connectivity index (χ3n) is 3.74. The van der Waals surface area contributed by atoms with Gasteiger partial charge < -0.3 is 11.1 Å². The number of rotatable bonds is 3. The van der Waals surface area contributed by atoms with Crippen molar-refractivity contribution in [1.29, 1.82) is 0 Å². The fourth-order valence-corrected chi connectivity index (χ4v) is 4.26. The lowest BCUT2D eigenvalue weighted by molar-refractivity contribution is 0.0971. The summed E-state index contributed by atoms with van der Waals surface area (Å²) < 4.78 is 13.6. The zero-order valence-electron chi connectivity index (χ0n) is 12.5. The molecule has 5 nitrogen and oxygen atoms in total. The van der Waals surface area contributed by atoms with E-state index < -0.39 is 17.6 Å². The summed E-state index contributed by atoms with van der Waals surface area (Å²) in [5.41, 5.74) is 6.74. The zero-order valence-corrected chi connectivity index (χ0v) is 14.2. The van der Waals surface area contributed by atoms with E-state index in [9.17, 15) is 14.0 Å². The monoisotopic (exact) mass is 363 g/mol. The summed E-state index contributed by atoms with van der Waals surface area (Å²) in [5.74, 6) is -1.82. The number of hydrogen-bond acceptors (Lipinski definition) is 4. The van der Waals surface area contributed by atoms with Gasteiger partial charge in [-0.1, -0.05) is 12.1 Å². The van der Waals surface area contributed by atoms with Gasteiger partial charge in [0.05, 0.1) is 11.1 Å². The van der Waals surface area contributed by atoms with Crippen molar-refractivity contribution in [1.82, 2.24) is 5.32 Å². The van der Waals surface area contributed by atoms with Gasteiger partial charge in [-0.3, -0.25) is 14.9 Å². The number of benzene rings is 1. The van der Waals surface area contributed by atoms with Crippen LogP contribution < -0.4 is 16.4 Å². The smallest absolute Gasteiger partial charge is 0.260 e. The van der Waals surface area contributed by atoms with Gasteiger partial charge in [0, 0.05) is 4.88 Å². The van der Waals surface area contributed by atoms with Crippen LogP contribution in [0, 0.1) is 5.82 Å². The average molecular weight is 363 g/mol. The van der Waals surface area contributed by atoms with Crippen molar-refractivity contribution in [2.75, 3.05) is 5.32 Å². The van der Waals surface area contributed by atoms with Crippen molar-refractivity contribution < 1.29 is 14.0 Å². The summed E-state index contributed by atoms with van der Waals surface area (Å²) in [4.78, 5) is 24.9. The second-order valence-electron chi connectivity index (χ2n) is 5.31. The van der Waals surface area contributed by atoms with E-state index in [2.05, 4.69) is 10.6 Å². The Morgan fingerprint density at radius 3 is 2.71 bits per heavy atom. The van der Waals surface area contributed by atoms with E-state index in [1.807, 2.05) is 0 Å². The Hall–Kier alpha value is -2.32. The van der Waals surface area contributed by atoms with Crippen molar-refractivity contribution in [3.63, 3.8) is 0 Å². The van der Waals surface area contributed by atoms with E-state index in [1.165, 1.54) is 29.5 Å². The van der Waals surface area contributed by atoms with Crippen LogP contribution in [0.25, 0.3) is 0 Å². The third-order valence-corrected chi connectivity index (χ3v) is 5.15. The number of halogens is 1. The molecule has 1 aliphatic carbocycles. The van der Waals surface area contributed by atoms with E-state index in [-0.39, 0.29) is 10.7 Å². The Kier molecular flexibility index (Phi) is 4.59. The normalized spacial score (nSPS) is 12.5. The average Bonchev–Trinajstić information content (AvgIpc) is 3.07. The molecule has 8 heteroatoms. The maximum atomic E-state index is 13.6. The van der Waals surface area contributed by atoms with Crippen LogP contribution in [0.15, 0.2) is 24.3 Å². The molecule has 2 amide bonds. The largest absolute Gasteiger partial charge is 0.365 e. The minimum absolute atomic E-state index is 0.00863. The van der Waals surface area contributed by atoms with Crippen molar-refractivity contribution in [2.24, 2.45) is 5.73 Å². The topological polar surface area (TPSA) is 84.2 Å². The van der Waals surface area contributed by atoms with Crippen molar-refractivity contribution in [3.8, 4) is 0 Å². The van der Waals surface area contributed by atoms with Crippen molar-refractivity contribution >= 4 is 45.5 Å². The molecule has 0 fully saturated rings. The maximum absolute atomic E-state index is 13.6. The summed E-state index contributed by atoms with van der Waals surface area (Å²) in [7, 11) is 0. The molecule has 0 spiro atoms. The number of primary amides is 1. The third kappa shape index (κ3) is 3.15. The van der Waals surface area contributed by atoms with E-state index >= 15 is 0 Å². The van der Waals surface area contributed by atoms with Gasteiger partial charge in [-0.05, 0) is 49.2 Å². The van der Waals surface area contributed by atoms with E-state index in [0.29, 0.717) is 10.6 Å². The SMILES string of the molecule is NC(=O)c1c(NC(=S)NC(=O)c2ccccc2F)sc2c1CCC2. The van der Waals surface area contributed by atoms with Crippen LogP contribution in [-0.4, -0.2) is 16.9 Å². The molecule has 0 bridgehead atoms. The predicted molar refractivity (Wildman–Crippen MR) is 94.9 cm³/mol. The van der Waals surface area contributed by atoms with Crippen LogP contribution in [0.1, 0.15) is 37.6 Å². The van der Waals surface area contributed by atoms with E-state index in [1.54, 1.807) is 6.07 Å². The van der Waals surface area contributed by atoms with Gasteiger partial charge in [-0.15, -0.1) is 11.3 Å². The molecule has 0 radical (unpaired) electrons. The van der Waals surface area contributed by atoms with Gasteiger partial charge >= 0.3 is 0 Å². The molecule has 124 valence electrons. The van der Waals surface area contributed by atoms with E-state index in [4.69, 9.17) is 18.0 Å². The first kappa shape index (κ1) is 16.5. The maximum Gasteiger partial charge on any atom is 0.260 e. The van der Waals surface area contributed by atoms with Gasteiger partial charge in [0.25, 0.3) is 11.8 Å². The minimum atomic E-state index is -0.657. The highest BCUT2D eigenvalue weighted by molar-refractivity contribution is 7.80. The van der Waals surface area contributed by atoms with Gasteiger partial charge in [0.15, 0.2) is 5.11 Å². The first-order valence-corrected chi connectivity index (χ1v) is 8.51. The fourth-order valence-electron chi connectivity index (χ4n) is 2.70. The molecule has 0 saturated carbocycles. The second kappa shape index (κ2) is 6.66. The summed E-state index contributed by atoms with van der Waals surface area (Å²) in [6.07, 6.45) is 2.70. The molecule has 2 aromatic rings. The lowest BCUT2D eigenvalue weighted by Gasteiger charge is -2.10. The molecule has 4 N–H and O–H groups in total. The zero-order chi connectivity index (χ0) is 17.3. The highest BCUT2D eigenvalue weighted by atomic mass is 32.1. The number of hydrogen-bond donors (Lipinski definition) is 3. The number of carbonyl (C=O) groups excluding carboxylic acids is 2. The fraction of sp³-hybridized carbons (Fsp3) is 0.188. The van der Waals surface area contributed by atoms with Gasteiger partial charge in [0.2, 0.25) is 0 Å². The number of nitrogens with two attached hydrogens (primary N) is 1. The van der Waals surface area contributed by atoms with Crippen LogP contribution in [-0.2, 0) is 12.8 Å². The van der Waals surface area contributed by atoms with Crippen LogP contribution in [0.3, 0.4) is 0 Å². The predicted octanol–water partition coefficient (Wildman–Crippen LogP) is 2.60. The molecule has 0 atom stereocenters. The molecule has 0 saturated heterocycles. The first-order chi connectivity index (χ1) is 11.5. The van der Waals surface area contributed by atoms with Crippen molar-refractivity contribution in [3.05, 3.63) is 51.7 Å². The summed E-state index contributed by atoms with van der Waals surface area (Å²) >= 11 is 6.50. The summed E-state index contributed by atoms with van der Waals surface area (Å²) in [6.45, 7) is 0. The number of thiocarbonyl (C=S) groups is 1. The lowest BCUT2D eigenvalue weighted by Crippen LogP contribution is -2.34. The number of amides is 2. The quantitative estimate of drug-likeness (QED) is 0.732. The molecule has 1 heterocycles. The molecular weight excluding hydrogens is 349 g/mol. The molecule has 1 aromatic carbocycles. The molecule has 0 aliphatic heterocycles. The number of thiophene rings is 1. The molecule has 1 aliphatic rings. The standard InChI is InChI=1S/C16H14FN3O2S2/c17-10-6-2-1-4-8(10)14(22)19-16(23)20-15-12(13(18)21)9-5-3-7-11(9)24-15/h1-2,4,6H,3,5,7H2,(H2,18,21)(H2,19,20,22,23). The number of aryl methyl sites for hydroxylation is 1. The second-order valence-corrected chi connectivity index (χ2v) is 6.83. The van der Waals surface area contributed by atoms with Crippen LogP contribution >= 0.6 is 23.6 Å². The van der Waals surface area contributed by atoms with Gasteiger partial charge in [0.1, 0.15) is 10.8 Å². The molecule has 24 heavy (non-hydrogen) atoms. The van der Waals surface area contributed by atoms with Gasteiger partial charge in [-0.2, -0.15) is 0 Å². The van der Waals surface area contributed by atoms with Crippen LogP contribution in [0.4, 0.5) is 9.39 Å². The first-order valence-electron chi connectivity index (χ1n) is 7.28. The molecule has 1 aromatic heterocycles. The number of anilines is 1. The lowest BCUT2D eigenvalue weighted by atomic mass is 10.1. The Morgan fingerprint density at radius 1 is 1.25 bits per heavy atom.